The lowest BCUT2D eigenvalue weighted by atomic mass is 9.97. The van der Waals surface area contributed by atoms with Crippen LogP contribution in [0.15, 0.2) is 174 Å². The van der Waals surface area contributed by atoms with Crippen molar-refractivity contribution < 1.29 is 8.98 Å². The molecule has 0 aliphatic heterocycles. The van der Waals surface area contributed by atoms with Gasteiger partial charge in [-0.05, 0) is 80.4 Å². The summed E-state index contributed by atoms with van der Waals surface area (Å²) in [6, 6.07) is 58.9. The van der Waals surface area contributed by atoms with Gasteiger partial charge in [-0.2, -0.15) is 0 Å². The van der Waals surface area contributed by atoms with Crippen LogP contribution >= 0.6 is 7.14 Å². The second kappa shape index (κ2) is 11.0. The first-order valence-corrected chi connectivity index (χ1v) is 18.7. The first-order chi connectivity index (χ1) is 24.6. The topological polar surface area (TPSA) is 30.2 Å². The third-order valence-corrected chi connectivity index (χ3v) is 13.5. The highest BCUT2D eigenvalue weighted by molar-refractivity contribution is 7.85. The molecule has 50 heavy (non-hydrogen) atoms. The lowest BCUT2D eigenvalue weighted by Crippen LogP contribution is -2.25. The minimum atomic E-state index is -3.15. The summed E-state index contributed by atoms with van der Waals surface area (Å²) in [6.07, 6.45) is 0. The number of benzene rings is 8. The molecule has 0 bridgehead atoms. The van der Waals surface area contributed by atoms with Gasteiger partial charge in [0.25, 0.3) is 0 Å². The molecule has 10 rings (SSSR count). The fourth-order valence-corrected chi connectivity index (χ4v) is 10.5. The number of hydrogen-bond donors (Lipinski definition) is 0. The summed E-state index contributed by atoms with van der Waals surface area (Å²) in [4.78, 5) is 0. The Balaban J connectivity index is 1.08. The molecule has 2 nitrogen and oxygen atoms in total. The standard InChI is InChI=1S/C47H31O2P/c1-30-14-21-35(22-15-30)50(48,36-23-16-32(17-24-36)31-8-3-2-4-9-31)37-25-18-33(19-26-37)34-20-27-44-43(28-34)47-41-13-7-12-40-38-10-5-6-11-39(38)42(46(40)41)29-45(47)49-44/h2-29H,1H3. The number of hydrogen-bond acceptors (Lipinski definition) is 2. The number of fused-ring (bicyclic) bond motifs is 7. The smallest absolute Gasteiger partial charge is 0.171 e. The van der Waals surface area contributed by atoms with Gasteiger partial charge in [0.05, 0.1) is 0 Å². The van der Waals surface area contributed by atoms with E-state index in [-0.39, 0.29) is 0 Å². The molecule has 0 fully saturated rings. The molecule has 236 valence electrons. The lowest BCUT2D eigenvalue weighted by Gasteiger charge is -2.21. The molecular weight excluding hydrogens is 627 g/mol. The second-order valence-electron chi connectivity index (χ2n) is 13.3. The Labute approximate surface area is 290 Å². The van der Waals surface area contributed by atoms with Crippen molar-refractivity contribution in [3.8, 4) is 44.5 Å². The molecule has 9 aromatic rings. The van der Waals surface area contributed by atoms with Crippen molar-refractivity contribution in [1.82, 2.24) is 0 Å². The van der Waals surface area contributed by atoms with Gasteiger partial charge in [0.1, 0.15) is 11.2 Å². The van der Waals surface area contributed by atoms with Crippen molar-refractivity contribution in [2.24, 2.45) is 0 Å². The van der Waals surface area contributed by atoms with Gasteiger partial charge in [0.2, 0.25) is 0 Å². The van der Waals surface area contributed by atoms with Gasteiger partial charge in [-0.1, -0.05) is 157 Å². The van der Waals surface area contributed by atoms with Crippen molar-refractivity contribution in [1.29, 1.82) is 0 Å². The van der Waals surface area contributed by atoms with E-state index in [4.69, 9.17) is 4.42 Å². The molecule has 1 aliphatic carbocycles. The second-order valence-corrected chi connectivity index (χ2v) is 16.1. The Bertz CT molecular complexity index is 2810. The molecule has 1 heterocycles. The third kappa shape index (κ3) is 4.32. The maximum atomic E-state index is 15.4. The highest BCUT2D eigenvalue weighted by Crippen LogP contribution is 2.51. The fraction of sp³-hybridized carbons (Fsp3) is 0.0213. The summed E-state index contributed by atoms with van der Waals surface area (Å²) in [6.45, 7) is 2.06. The van der Waals surface area contributed by atoms with Crippen LogP contribution in [-0.2, 0) is 4.57 Å². The van der Waals surface area contributed by atoms with Crippen LogP contribution in [-0.4, -0.2) is 0 Å². The summed E-state index contributed by atoms with van der Waals surface area (Å²) in [5, 5.41) is 7.23. The molecule has 0 saturated carbocycles. The van der Waals surface area contributed by atoms with Crippen LogP contribution < -0.4 is 15.9 Å². The minimum absolute atomic E-state index is 0.816. The van der Waals surface area contributed by atoms with Gasteiger partial charge in [-0.15, -0.1) is 0 Å². The van der Waals surface area contributed by atoms with E-state index in [0.29, 0.717) is 0 Å². The van der Waals surface area contributed by atoms with E-state index in [2.05, 4.69) is 122 Å². The highest BCUT2D eigenvalue weighted by Gasteiger charge is 2.30. The maximum absolute atomic E-state index is 15.4. The Kier molecular flexibility index (Phi) is 6.40. The third-order valence-electron chi connectivity index (χ3n) is 10.4. The highest BCUT2D eigenvalue weighted by atomic mass is 31.2. The average Bonchev–Trinajstić information content (AvgIpc) is 3.71. The van der Waals surface area contributed by atoms with Crippen LogP contribution in [0, 0.1) is 6.92 Å². The summed E-state index contributed by atoms with van der Waals surface area (Å²) in [7, 11) is -3.15. The summed E-state index contributed by atoms with van der Waals surface area (Å²) >= 11 is 0. The Morgan fingerprint density at radius 1 is 0.400 bits per heavy atom. The molecule has 0 radical (unpaired) electrons. The van der Waals surface area contributed by atoms with Crippen LogP contribution in [0.3, 0.4) is 0 Å². The van der Waals surface area contributed by atoms with E-state index >= 15 is 4.57 Å². The number of rotatable bonds is 5. The monoisotopic (exact) mass is 658 g/mol. The quantitative estimate of drug-likeness (QED) is 0.172. The van der Waals surface area contributed by atoms with Crippen LogP contribution in [0.4, 0.5) is 0 Å². The average molecular weight is 659 g/mol. The SMILES string of the molecule is Cc1ccc(P(=O)(c2ccc(-c3ccccc3)cc2)c2ccc(-c3ccc4oc5cc6c7c(cccc7c5c4c3)-c3ccccc3-6)cc2)cc1. The molecule has 1 aromatic heterocycles. The van der Waals surface area contributed by atoms with Crippen molar-refractivity contribution in [2.75, 3.05) is 0 Å². The van der Waals surface area contributed by atoms with Crippen LogP contribution in [0.1, 0.15) is 5.56 Å². The normalized spacial score (nSPS) is 13.1. The molecule has 0 spiro atoms. The predicted octanol–water partition coefficient (Wildman–Crippen LogP) is 11.7. The fourth-order valence-electron chi connectivity index (χ4n) is 7.88. The molecule has 1 atom stereocenters. The summed E-state index contributed by atoms with van der Waals surface area (Å²) in [5.74, 6) is 0. The Morgan fingerprint density at radius 2 is 0.940 bits per heavy atom. The zero-order valence-electron chi connectivity index (χ0n) is 27.4. The van der Waals surface area contributed by atoms with E-state index in [1.807, 2.05) is 54.6 Å². The molecule has 1 unspecified atom stereocenters. The minimum Gasteiger partial charge on any atom is -0.456 e. The maximum Gasteiger partial charge on any atom is 0.171 e. The van der Waals surface area contributed by atoms with Gasteiger partial charge < -0.3 is 8.98 Å². The van der Waals surface area contributed by atoms with Gasteiger partial charge in [-0.25, -0.2) is 0 Å². The summed E-state index contributed by atoms with van der Waals surface area (Å²) in [5.41, 5.74) is 12.4. The number of furan rings is 1. The zero-order chi connectivity index (χ0) is 33.4. The molecule has 0 N–H and O–H groups in total. The predicted molar refractivity (Wildman–Crippen MR) is 211 cm³/mol. The molecule has 0 saturated heterocycles. The van der Waals surface area contributed by atoms with E-state index < -0.39 is 7.14 Å². The van der Waals surface area contributed by atoms with Crippen LogP contribution in [0.5, 0.6) is 0 Å². The Morgan fingerprint density at radius 3 is 1.62 bits per heavy atom. The Hall–Kier alpha value is -5.95. The van der Waals surface area contributed by atoms with Gasteiger partial charge in [-0.3, -0.25) is 0 Å². The first-order valence-electron chi connectivity index (χ1n) is 17.0. The van der Waals surface area contributed by atoms with Crippen molar-refractivity contribution in [3.05, 3.63) is 175 Å². The van der Waals surface area contributed by atoms with Crippen molar-refractivity contribution in [3.63, 3.8) is 0 Å². The number of aryl methyl sites for hydroxylation is 1. The largest absolute Gasteiger partial charge is 0.456 e. The molecule has 3 heteroatoms. The lowest BCUT2D eigenvalue weighted by molar-refractivity contribution is 0.592. The van der Waals surface area contributed by atoms with Crippen molar-refractivity contribution >= 4 is 55.8 Å². The molecule has 0 amide bonds. The molecule has 8 aromatic carbocycles. The van der Waals surface area contributed by atoms with Crippen LogP contribution in [0.2, 0.25) is 0 Å². The molecule has 1 aliphatic rings. The van der Waals surface area contributed by atoms with Crippen LogP contribution in [0.25, 0.3) is 77.2 Å². The van der Waals surface area contributed by atoms with Gasteiger partial charge in [0.15, 0.2) is 7.14 Å². The van der Waals surface area contributed by atoms with Gasteiger partial charge in [0, 0.05) is 26.7 Å². The van der Waals surface area contributed by atoms with E-state index in [9.17, 15) is 0 Å². The van der Waals surface area contributed by atoms with E-state index in [1.165, 1.54) is 33.0 Å². The molecular formula is C47H31O2P. The van der Waals surface area contributed by atoms with Gasteiger partial charge >= 0.3 is 0 Å². The summed E-state index contributed by atoms with van der Waals surface area (Å²) < 4.78 is 21.9. The zero-order valence-corrected chi connectivity index (χ0v) is 28.3. The first kappa shape index (κ1) is 29.0. The van der Waals surface area contributed by atoms with E-state index in [0.717, 1.165) is 65.7 Å². The van der Waals surface area contributed by atoms with E-state index in [1.54, 1.807) is 0 Å². The van der Waals surface area contributed by atoms with Crippen molar-refractivity contribution in [2.45, 2.75) is 6.92 Å².